The molecule has 0 radical (unpaired) electrons. The van der Waals surface area contributed by atoms with Crippen molar-refractivity contribution in [3.8, 4) is 0 Å². The fourth-order valence-electron chi connectivity index (χ4n) is 2.33. The largest absolute Gasteiger partial charge is 0.422 e. The van der Waals surface area contributed by atoms with Gasteiger partial charge in [-0.1, -0.05) is 0 Å². The SMILES string of the molecule is Cc1c(CC(=O)NCCON)c(=O)oc2cc(N)c(S(=O)(=O)O)cc12. The Kier molecular flexibility index (Phi) is 5.42. The van der Waals surface area contributed by atoms with Crippen molar-refractivity contribution in [1.82, 2.24) is 5.32 Å². The van der Waals surface area contributed by atoms with Gasteiger partial charge in [0, 0.05) is 18.0 Å². The summed E-state index contributed by atoms with van der Waals surface area (Å²) < 4.78 is 37.1. The van der Waals surface area contributed by atoms with Crippen LogP contribution >= 0.6 is 0 Å². The molecule has 136 valence electrons. The zero-order chi connectivity index (χ0) is 18.8. The molecule has 2 aromatic rings. The quantitative estimate of drug-likeness (QED) is 0.171. The highest BCUT2D eigenvalue weighted by Gasteiger charge is 2.20. The van der Waals surface area contributed by atoms with Gasteiger partial charge in [-0.05, 0) is 18.6 Å². The van der Waals surface area contributed by atoms with Gasteiger partial charge in [0.1, 0.15) is 10.5 Å². The van der Waals surface area contributed by atoms with Crippen LogP contribution in [0.25, 0.3) is 11.0 Å². The smallest absolute Gasteiger partial charge is 0.340 e. The molecule has 11 heteroatoms. The van der Waals surface area contributed by atoms with E-state index < -0.39 is 26.5 Å². The topological polar surface area (TPSA) is 175 Å². The summed E-state index contributed by atoms with van der Waals surface area (Å²) in [5.74, 6) is 4.38. The molecule has 0 spiro atoms. The molecule has 1 aromatic carbocycles. The molecule has 0 aliphatic heterocycles. The molecular weight excluding hydrogens is 354 g/mol. The van der Waals surface area contributed by atoms with Crippen molar-refractivity contribution >= 4 is 32.7 Å². The van der Waals surface area contributed by atoms with Crippen LogP contribution in [-0.4, -0.2) is 32.0 Å². The summed E-state index contributed by atoms with van der Waals surface area (Å²) >= 11 is 0. The van der Waals surface area contributed by atoms with Gasteiger partial charge in [-0.3, -0.25) is 9.35 Å². The van der Waals surface area contributed by atoms with E-state index in [9.17, 15) is 22.6 Å². The van der Waals surface area contributed by atoms with Gasteiger partial charge < -0.3 is 20.3 Å². The zero-order valence-electron chi connectivity index (χ0n) is 13.2. The van der Waals surface area contributed by atoms with Crippen LogP contribution in [0.15, 0.2) is 26.2 Å². The van der Waals surface area contributed by atoms with Crippen LogP contribution in [0, 0.1) is 6.92 Å². The zero-order valence-corrected chi connectivity index (χ0v) is 14.1. The highest BCUT2D eigenvalue weighted by Crippen LogP contribution is 2.28. The van der Waals surface area contributed by atoms with Crippen LogP contribution < -0.4 is 22.6 Å². The Morgan fingerprint density at radius 2 is 2.08 bits per heavy atom. The summed E-state index contributed by atoms with van der Waals surface area (Å²) in [6.07, 6.45) is -0.278. The lowest BCUT2D eigenvalue weighted by atomic mass is 10.0. The molecule has 2 rings (SSSR count). The highest BCUT2D eigenvalue weighted by molar-refractivity contribution is 7.86. The first-order valence-electron chi connectivity index (χ1n) is 7.06. The Bertz CT molecular complexity index is 982. The fraction of sp³-hybridized carbons (Fsp3) is 0.286. The van der Waals surface area contributed by atoms with Gasteiger partial charge in [-0.2, -0.15) is 8.42 Å². The average molecular weight is 371 g/mol. The standard InChI is InChI=1S/C14H17N3O7S/c1-7-8-4-12(25(20,21)22)10(15)6-11(8)24-14(19)9(7)5-13(18)17-2-3-23-16/h4,6H,2-3,5,15-16H2,1H3,(H,17,18)(H,20,21,22). The molecule has 6 N–H and O–H groups in total. The van der Waals surface area contributed by atoms with Crippen molar-refractivity contribution < 1.29 is 27.0 Å². The van der Waals surface area contributed by atoms with Gasteiger partial charge >= 0.3 is 5.63 Å². The molecule has 25 heavy (non-hydrogen) atoms. The van der Waals surface area contributed by atoms with E-state index in [1.807, 2.05) is 0 Å². The molecule has 0 aliphatic carbocycles. The van der Waals surface area contributed by atoms with Crippen molar-refractivity contribution in [3.63, 3.8) is 0 Å². The number of aryl methyl sites for hydroxylation is 1. The Morgan fingerprint density at radius 1 is 1.40 bits per heavy atom. The Balaban J connectivity index is 2.51. The molecule has 1 heterocycles. The third-order valence-corrected chi connectivity index (χ3v) is 4.48. The minimum Gasteiger partial charge on any atom is -0.422 e. The Morgan fingerprint density at radius 3 is 2.68 bits per heavy atom. The normalized spacial score (nSPS) is 11.6. The van der Waals surface area contributed by atoms with Gasteiger partial charge in [0.05, 0.1) is 24.3 Å². The van der Waals surface area contributed by atoms with Gasteiger partial charge in [0.25, 0.3) is 10.1 Å². The monoisotopic (exact) mass is 371 g/mol. The number of fused-ring (bicyclic) bond motifs is 1. The number of nitrogens with two attached hydrogens (primary N) is 2. The number of hydrogen-bond donors (Lipinski definition) is 4. The fourth-order valence-corrected chi connectivity index (χ4v) is 2.95. The predicted molar refractivity (Wildman–Crippen MR) is 88.3 cm³/mol. The third kappa shape index (κ3) is 4.14. The Hall–Kier alpha value is -2.47. The summed E-state index contributed by atoms with van der Waals surface area (Å²) in [5, 5.41) is 2.74. The van der Waals surface area contributed by atoms with Crippen LogP contribution in [0.3, 0.4) is 0 Å². The van der Waals surface area contributed by atoms with Gasteiger partial charge in [-0.15, -0.1) is 0 Å². The highest BCUT2D eigenvalue weighted by atomic mass is 32.2. The maximum Gasteiger partial charge on any atom is 0.340 e. The lowest BCUT2D eigenvalue weighted by molar-refractivity contribution is -0.120. The molecule has 0 aliphatic rings. The van der Waals surface area contributed by atoms with Gasteiger partial charge in [0.2, 0.25) is 5.91 Å². The molecule has 0 bridgehead atoms. The number of carbonyl (C=O) groups excluding carboxylic acids is 1. The van der Waals surface area contributed by atoms with Crippen LogP contribution in [0.1, 0.15) is 11.1 Å². The first-order valence-corrected chi connectivity index (χ1v) is 8.51. The van der Waals surface area contributed by atoms with E-state index in [0.717, 1.165) is 12.1 Å². The van der Waals surface area contributed by atoms with E-state index >= 15 is 0 Å². The number of nitrogens with one attached hydrogen (secondary N) is 1. The summed E-state index contributed by atoms with van der Waals surface area (Å²) in [4.78, 5) is 27.8. The van der Waals surface area contributed by atoms with E-state index in [1.54, 1.807) is 0 Å². The predicted octanol–water partition coefficient (Wildman–Crippen LogP) is -0.521. The molecule has 0 fully saturated rings. The van der Waals surface area contributed by atoms with Crippen molar-refractivity contribution in [3.05, 3.63) is 33.7 Å². The van der Waals surface area contributed by atoms with Crippen molar-refractivity contribution in [1.29, 1.82) is 0 Å². The van der Waals surface area contributed by atoms with Crippen LogP contribution in [0.4, 0.5) is 5.69 Å². The second-order valence-corrected chi connectivity index (χ2v) is 6.64. The molecule has 0 saturated carbocycles. The lowest BCUT2D eigenvalue weighted by Crippen LogP contribution is -2.31. The summed E-state index contributed by atoms with van der Waals surface area (Å²) in [7, 11) is -4.55. The van der Waals surface area contributed by atoms with Gasteiger partial charge in [0.15, 0.2) is 0 Å². The van der Waals surface area contributed by atoms with Crippen LogP contribution in [0.2, 0.25) is 0 Å². The molecule has 0 unspecified atom stereocenters. The molecular formula is C14H17N3O7S. The second kappa shape index (κ2) is 7.19. The van der Waals surface area contributed by atoms with Crippen LogP contribution in [0.5, 0.6) is 0 Å². The number of benzene rings is 1. The van der Waals surface area contributed by atoms with Crippen LogP contribution in [-0.2, 0) is 26.2 Å². The summed E-state index contributed by atoms with van der Waals surface area (Å²) in [6.45, 7) is 1.81. The average Bonchev–Trinajstić information content (AvgIpc) is 2.50. The van der Waals surface area contributed by atoms with E-state index in [1.165, 1.54) is 6.92 Å². The molecule has 10 nitrogen and oxygen atoms in total. The van der Waals surface area contributed by atoms with E-state index in [2.05, 4.69) is 10.2 Å². The van der Waals surface area contributed by atoms with Crippen molar-refractivity contribution in [2.45, 2.75) is 18.2 Å². The summed E-state index contributed by atoms with van der Waals surface area (Å²) in [5.41, 5.74) is 5.03. The van der Waals surface area contributed by atoms with E-state index in [0.29, 0.717) is 5.56 Å². The number of anilines is 1. The minimum absolute atomic E-state index is 0.0492. The second-order valence-electron chi connectivity index (χ2n) is 5.25. The Labute approximate surface area is 142 Å². The van der Waals surface area contributed by atoms with Crippen molar-refractivity contribution in [2.24, 2.45) is 5.90 Å². The maximum absolute atomic E-state index is 12.1. The first-order chi connectivity index (χ1) is 11.6. The first kappa shape index (κ1) is 18.9. The maximum atomic E-state index is 12.1. The number of amides is 1. The van der Waals surface area contributed by atoms with E-state index in [4.69, 9.17) is 16.0 Å². The molecule has 1 aromatic heterocycles. The molecule has 0 atom stereocenters. The van der Waals surface area contributed by atoms with Gasteiger partial charge in [-0.25, -0.2) is 10.7 Å². The number of hydrogen-bond acceptors (Lipinski definition) is 8. The third-order valence-electron chi connectivity index (χ3n) is 3.58. The molecule has 0 saturated heterocycles. The number of nitrogen functional groups attached to an aromatic ring is 1. The minimum atomic E-state index is -4.55. The molecule has 1 amide bonds. The number of carbonyl (C=O) groups is 1. The number of rotatable bonds is 6. The van der Waals surface area contributed by atoms with E-state index in [-0.39, 0.29) is 41.8 Å². The lowest BCUT2D eigenvalue weighted by Gasteiger charge is -2.10. The summed E-state index contributed by atoms with van der Waals surface area (Å²) in [6, 6.07) is 2.23. The van der Waals surface area contributed by atoms with Crippen molar-refractivity contribution in [2.75, 3.05) is 18.9 Å².